The lowest BCUT2D eigenvalue weighted by Gasteiger charge is -2.22. The highest BCUT2D eigenvalue weighted by atomic mass is 79.9. The largest absolute Gasteiger partial charge is 0.481 e. The van der Waals surface area contributed by atoms with E-state index in [1.54, 1.807) is 6.92 Å². The van der Waals surface area contributed by atoms with E-state index in [2.05, 4.69) is 15.9 Å². The molecule has 0 aliphatic rings. The van der Waals surface area contributed by atoms with Crippen molar-refractivity contribution in [1.29, 1.82) is 0 Å². The molecule has 0 fully saturated rings. The molecule has 5 heteroatoms. The monoisotopic (exact) mass is 277 g/mol. The smallest absolute Gasteiger partial charge is 0.305 e. The van der Waals surface area contributed by atoms with Crippen LogP contribution in [0.1, 0.15) is 23.8 Å². The molecule has 0 saturated carbocycles. The van der Waals surface area contributed by atoms with Gasteiger partial charge in [-0.3, -0.25) is 4.79 Å². The molecular formula is C9H12BrNO2S. The van der Waals surface area contributed by atoms with Crippen LogP contribution in [0.15, 0.2) is 9.85 Å². The van der Waals surface area contributed by atoms with E-state index in [1.807, 2.05) is 12.3 Å². The molecular weight excluding hydrogens is 266 g/mol. The van der Waals surface area contributed by atoms with Gasteiger partial charge in [-0.1, -0.05) is 0 Å². The number of carboxylic acid groups (broad SMARTS) is 1. The summed E-state index contributed by atoms with van der Waals surface area (Å²) in [6.45, 7) is 3.68. The summed E-state index contributed by atoms with van der Waals surface area (Å²) in [7, 11) is 0. The average Bonchev–Trinajstić information content (AvgIpc) is 2.30. The van der Waals surface area contributed by atoms with Crippen LogP contribution in [0.4, 0.5) is 0 Å². The molecule has 0 aliphatic heterocycles. The molecule has 1 rings (SSSR count). The Balaban J connectivity index is 3.03. The molecule has 0 saturated heterocycles. The number of halogens is 1. The molecule has 0 unspecified atom stereocenters. The predicted molar refractivity (Wildman–Crippen MR) is 60.5 cm³/mol. The maximum atomic E-state index is 10.6. The number of hydrogen-bond donors (Lipinski definition) is 2. The fourth-order valence-corrected chi connectivity index (χ4v) is 2.99. The lowest BCUT2D eigenvalue weighted by molar-refractivity contribution is -0.138. The minimum absolute atomic E-state index is 0.0548. The zero-order chi connectivity index (χ0) is 10.9. The van der Waals surface area contributed by atoms with Crippen molar-refractivity contribution in [2.45, 2.75) is 25.8 Å². The molecule has 78 valence electrons. The summed E-state index contributed by atoms with van der Waals surface area (Å²) in [5.41, 5.74) is 6.21. The maximum Gasteiger partial charge on any atom is 0.305 e. The van der Waals surface area contributed by atoms with Gasteiger partial charge in [0.05, 0.1) is 12.0 Å². The van der Waals surface area contributed by atoms with Crippen LogP contribution in [0.5, 0.6) is 0 Å². The molecule has 3 nitrogen and oxygen atoms in total. The molecule has 0 aromatic carbocycles. The van der Waals surface area contributed by atoms with Crippen LogP contribution in [0.2, 0.25) is 0 Å². The average molecular weight is 278 g/mol. The van der Waals surface area contributed by atoms with Crippen molar-refractivity contribution in [3.8, 4) is 0 Å². The third-order valence-corrected chi connectivity index (χ3v) is 4.50. The second kappa shape index (κ2) is 4.00. The Morgan fingerprint density at radius 2 is 2.36 bits per heavy atom. The predicted octanol–water partition coefficient (Wildman–Crippen LogP) is 2.47. The van der Waals surface area contributed by atoms with Crippen molar-refractivity contribution in [3.05, 3.63) is 20.3 Å². The summed E-state index contributed by atoms with van der Waals surface area (Å²) in [5.74, 6) is -0.876. The van der Waals surface area contributed by atoms with Gasteiger partial charge >= 0.3 is 5.97 Å². The van der Waals surface area contributed by atoms with Crippen LogP contribution in [0.3, 0.4) is 0 Å². The minimum Gasteiger partial charge on any atom is -0.481 e. The summed E-state index contributed by atoms with van der Waals surface area (Å²) in [4.78, 5) is 11.5. The molecule has 3 N–H and O–H groups in total. The van der Waals surface area contributed by atoms with Crippen molar-refractivity contribution in [1.82, 2.24) is 0 Å². The molecule has 0 radical (unpaired) electrons. The number of thiophene rings is 1. The van der Waals surface area contributed by atoms with E-state index in [0.717, 1.165) is 14.9 Å². The van der Waals surface area contributed by atoms with Crippen molar-refractivity contribution < 1.29 is 9.90 Å². The molecule has 1 aromatic rings. The Morgan fingerprint density at radius 3 is 2.71 bits per heavy atom. The Labute approximate surface area is 95.1 Å². The quantitative estimate of drug-likeness (QED) is 0.892. The highest BCUT2D eigenvalue weighted by molar-refractivity contribution is 9.10. The Morgan fingerprint density at radius 1 is 1.79 bits per heavy atom. The number of hydrogen-bond acceptors (Lipinski definition) is 3. The normalized spacial score (nSPS) is 15.1. The van der Waals surface area contributed by atoms with Gasteiger partial charge in [0, 0.05) is 14.7 Å². The molecule has 1 aromatic heterocycles. The second-order valence-corrected chi connectivity index (χ2v) is 5.26. The fourth-order valence-electron chi connectivity index (χ4n) is 1.35. The van der Waals surface area contributed by atoms with Gasteiger partial charge in [0.25, 0.3) is 0 Å². The van der Waals surface area contributed by atoms with Gasteiger partial charge in [-0.25, -0.2) is 0 Å². The van der Waals surface area contributed by atoms with Crippen LogP contribution < -0.4 is 5.73 Å². The van der Waals surface area contributed by atoms with Crippen LogP contribution in [0.25, 0.3) is 0 Å². The van der Waals surface area contributed by atoms with Crippen LogP contribution in [-0.4, -0.2) is 11.1 Å². The first-order valence-electron chi connectivity index (χ1n) is 4.09. The van der Waals surface area contributed by atoms with Crippen molar-refractivity contribution in [2.75, 3.05) is 0 Å². The van der Waals surface area contributed by atoms with E-state index in [0.29, 0.717) is 0 Å². The van der Waals surface area contributed by atoms with Gasteiger partial charge < -0.3 is 10.8 Å². The zero-order valence-corrected chi connectivity index (χ0v) is 10.4. The minimum atomic E-state index is -0.876. The highest BCUT2D eigenvalue weighted by Crippen LogP contribution is 2.34. The standard InChI is InChI=1S/C9H12BrNO2S/c1-5-6(10)4-14-8(5)9(2,11)3-7(12)13/h4H,3,11H2,1-2H3,(H,12,13)/t9-/m0/s1. The van der Waals surface area contributed by atoms with Crippen LogP contribution in [0, 0.1) is 6.92 Å². The SMILES string of the molecule is Cc1c(Br)csc1[C@@](C)(N)CC(=O)O. The summed E-state index contributed by atoms with van der Waals surface area (Å²) >= 11 is 4.87. The van der Waals surface area contributed by atoms with Gasteiger partial charge in [0.2, 0.25) is 0 Å². The molecule has 0 aliphatic carbocycles. The molecule has 0 amide bonds. The number of rotatable bonds is 3. The summed E-state index contributed by atoms with van der Waals surface area (Å²) in [6.07, 6.45) is -0.0548. The molecule has 0 bridgehead atoms. The second-order valence-electron chi connectivity index (χ2n) is 3.53. The molecule has 1 heterocycles. The van der Waals surface area contributed by atoms with Crippen molar-refractivity contribution in [2.24, 2.45) is 5.73 Å². The van der Waals surface area contributed by atoms with E-state index in [4.69, 9.17) is 10.8 Å². The first kappa shape index (κ1) is 11.7. The number of carbonyl (C=O) groups is 1. The maximum absolute atomic E-state index is 10.6. The van der Waals surface area contributed by atoms with Crippen molar-refractivity contribution in [3.63, 3.8) is 0 Å². The van der Waals surface area contributed by atoms with E-state index < -0.39 is 11.5 Å². The van der Waals surface area contributed by atoms with Crippen LogP contribution in [-0.2, 0) is 10.3 Å². The first-order chi connectivity index (χ1) is 6.34. The van der Waals surface area contributed by atoms with E-state index in [9.17, 15) is 4.79 Å². The van der Waals surface area contributed by atoms with Gasteiger partial charge in [0.15, 0.2) is 0 Å². The van der Waals surface area contributed by atoms with Crippen molar-refractivity contribution >= 4 is 33.2 Å². The third-order valence-electron chi connectivity index (χ3n) is 2.02. The van der Waals surface area contributed by atoms with Gasteiger partial charge in [-0.2, -0.15) is 0 Å². The number of aliphatic carboxylic acids is 1. The van der Waals surface area contributed by atoms with Gasteiger partial charge in [0.1, 0.15) is 0 Å². The molecule has 14 heavy (non-hydrogen) atoms. The summed E-state index contributed by atoms with van der Waals surface area (Å²) < 4.78 is 0.986. The van der Waals surface area contributed by atoms with E-state index in [-0.39, 0.29) is 6.42 Å². The third kappa shape index (κ3) is 2.34. The number of nitrogens with two attached hydrogens (primary N) is 1. The van der Waals surface area contributed by atoms with E-state index >= 15 is 0 Å². The Hall–Kier alpha value is -0.390. The zero-order valence-electron chi connectivity index (χ0n) is 8.00. The number of carboxylic acids is 1. The topological polar surface area (TPSA) is 63.3 Å². The summed E-state index contributed by atoms with van der Waals surface area (Å²) in [5, 5.41) is 10.6. The van der Waals surface area contributed by atoms with Gasteiger partial charge in [-0.05, 0) is 35.3 Å². The lowest BCUT2D eigenvalue weighted by Crippen LogP contribution is -2.35. The Kier molecular flexibility index (Phi) is 3.34. The highest BCUT2D eigenvalue weighted by Gasteiger charge is 2.28. The van der Waals surface area contributed by atoms with Crippen LogP contribution >= 0.6 is 27.3 Å². The van der Waals surface area contributed by atoms with Gasteiger partial charge in [-0.15, -0.1) is 11.3 Å². The first-order valence-corrected chi connectivity index (χ1v) is 5.76. The molecule has 1 atom stereocenters. The lowest BCUT2D eigenvalue weighted by atomic mass is 9.95. The van der Waals surface area contributed by atoms with E-state index in [1.165, 1.54) is 11.3 Å². The molecule has 0 spiro atoms. The summed E-state index contributed by atoms with van der Waals surface area (Å²) in [6, 6.07) is 0. The Bertz CT molecular complexity index is 360. The fraction of sp³-hybridized carbons (Fsp3) is 0.444.